The Morgan fingerprint density at radius 2 is 1.63 bits per heavy atom. The highest BCUT2D eigenvalue weighted by Crippen LogP contribution is 2.38. The number of rotatable bonds is 3. The summed E-state index contributed by atoms with van der Waals surface area (Å²) in [5.41, 5.74) is 0. The molecule has 112 valence electrons. The van der Waals surface area contributed by atoms with Gasteiger partial charge in [0.1, 0.15) is 0 Å². The van der Waals surface area contributed by atoms with Gasteiger partial charge in [-0.1, -0.05) is 6.42 Å². The lowest BCUT2D eigenvalue weighted by atomic mass is 9.82. The van der Waals surface area contributed by atoms with E-state index in [0.717, 1.165) is 32.1 Å². The fourth-order valence-corrected chi connectivity index (χ4v) is 3.48. The van der Waals surface area contributed by atoms with Gasteiger partial charge in [-0.3, -0.25) is 0 Å². The van der Waals surface area contributed by atoms with Crippen LogP contribution >= 0.6 is 0 Å². The third-order valence-corrected chi connectivity index (χ3v) is 4.71. The van der Waals surface area contributed by atoms with Gasteiger partial charge >= 0.3 is 6.18 Å². The van der Waals surface area contributed by atoms with Crippen molar-refractivity contribution >= 4 is 0 Å². The Morgan fingerprint density at radius 1 is 0.947 bits per heavy atom. The topological polar surface area (TPSA) is 32.3 Å². The maximum Gasteiger partial charge on any atom is 0.391 e. The number of hydrogen-bond donors (Lipinski definition) is 2. The molecule has 2 atom stereocenters. The lowest BCUT2D eigenvalue weighted by molar-refractivity contribution is -0.184. The van der Waals surface area contributed by atoms with Crippen molar-refractivity contribution in [2.45, 2.75) is 69.6 Å². The molecular formula is C14H24F3NO. The van der Waals surface area contributed by atoms with Gasteiger partial charge in [0.2, 0.25) is 0 Å². The number of hydrogen-bond acceptors (Lipinski definition) is 2. The Hall–Kier alpha value is -0.290. The van der Waals surface area contributed by atoms with Crippen LogP contribution in [0.4, 0.5) is 13.2 Å². The van der Waals surface area contributed by atoms with E-state index in [1.165, 1.54) is 0 Å². The van der Waals surface area contributed by atoms with Crippen LogP contribution in [0.15, 0.2) is 0 Å². The number of nitrogens with one attached hydrogen (secondary N) is 1. The van der Waals surface area contributed by atoms with Crippen molar-refractivity contribution in [1.82, 2.24) is 5.32 Å². The summed E-state index contributed by atoms with van der Waals surface area (Å²) in [5.74, 6) is -0.722. The molecule has 0 heterocycles. The summed E-state index contributed by atoms with van der Waals surface area (Å²) in [6.45, 7) is 0.242. The number of alkyl halides is 3. The second kappa shape index (κ2) is 6.44. The molecule has 2 rings (SSSR count). The van der Waals surface area contributed by atoms with E-state index in [9.17, 15) is 13.2 Å². The molecule has 2 saturated carbocycles. The summed E-state index contributed by atoms with van der Waals surface area (Å²) in [7, 11) is 0. The molecule has 0 saturated heterocycles. The second-order valence-corrected chi connectivity index (χ2v) is 6.17. The lowest BCUT2D eigenvalue weighted by Crippen LogP contribution is -2.45. The first-order chi connectivity index (χ1) is 8.99. The molecule has 0 aromatic heterocycles. The van der Waals surface area contributed by atoms with E-state index in [2.05, 4.69) is 5.32 Å². The second-order valence-electron chi connectivity index (χ2n) is 6.17. The standard InChI is InChI=1S/C14H24F3NO/c15-14(16,17)11-2-1-3-13(8-11)18-12-6-4-10(9-19)5-7-12/h10-13,18-19H,1-9H2. The van der Waals surface area contributed by atoms with Crippen LogP contribution in [0.5, 0.6) is 0 Å². The third-order valence-electron chi connectivity index (χ3n) is 4.71. The number of aliphatic hydroxyl groups is 1. The Morgan fingerprint density at radius 3 is 2.21 bits per heavy atom. The van der Waals surface area contributed by atoms with E-state index >= 15 is 0 Å². The van der Waals surface area contributed by atoms with Crippen molar-refractivity contribution in [2.75, 3.05) is 6.61 Å². The van der Waals surface area contributed by atoms with Crippen molar-refractivity contribution < 1.29 is 18.3 Å². The molecule has 19 heavy (non-hydrogen) atoms. The normalized spacial score (nSPS) is 37.3. The van der Waals surface area contributed by atoms with Gasteiger partial charge in [-0.05, 0) is 50.9 Å². The van der Waals surface area contributed by atoms with Gasteiger partial charge in [-0.2, -0.15) is 13.2 Å². The molecule has 0 aromatic rings. The quantitative estimate of drug-likeness (QED) is 0.831. The highest BCUT2D eigenvalue weighted by molar-refractivity contribution is 4.86. The molecule has 0 radical (unpaired) electrons. The number of aliphatic hydroxyl groups excluding tert-OH is 1. The fraction of sp³-hybridized carbons (Fsp3) is 1.00. The molecule has 2 fully saturated rings. The first-order valence-electron chi connectivity index (χ1n) is 7.42. The van der Waals surface area contributed by atoms with Gasteiger partial charge < -0.3 is 10.4 Å². The van der Waals surface area contributed by atoms with Crippen LogP contribution in [-0.4, -0.2) is 30.0 Å². The minimum atomic E-state index is -4.03. The number of halogens is 3. The summed E-state index contributed by atoms with van der Waals surface area (Å²) in [6.07, 6.45) is 1.99. The molecule has 0 bridgehead atoms. The van der Waals surface area contributed by atoms with E-state index in [1.54, 1.807) is 0 Å². The molecule has 0 aromatic carbocycles. The van der Waals surface area contributed by atoms with Gasteiger partial charge in [0.05, 0.1) is 5.92 Å². The first kappa shape index (κ1) is 15.1. The van der Waals surface area contributed by atoms with E-state index < -0.39 is 12.1 Å². The molecule has 0 amide bonds. The summed E-state index contributed by atoms with van der Waals surface area (Å²) < 4.78 is 38.2. The average Bonchev–Trinajstić information content (AvgIpc) is 2.39. The van der Waals surface area contributed by atoms with Gasteiger partial charge in [0.15, 0.2) is 0 Å². The first-order valence-corrected chi connectivity index (χ1v) is 7.42. The Bertz CT molecular complexity index is 274. The summed E-state index contributed by atoms with van der Waals surface area (Å²) in [4.78, 5) is 0. The summed E-state index contributed by atoms with van der Waals surface area (Å²) in [6, 6.07) is 0.371. The maximum atomic E-state index is 12.7. The van der Waals surface area contributed by atoms with Gasteiger partial charge in [-0.25, -0.2) is 0 Å². The monoisotopic (exact) mass is 279 g/mol. The Labute approximate surface area is 112 Å². The van der Waals surface area contributed by atoms with Crippen LogP contribution in [0.2, 0.25) is 0 Å². The van der Waals surface area contributed by atoms with E-state index in [-0.39, 0.29) is 19.1 Å². The average molecular weight is 279 g/mol. The van der Waals surface area contributed by atoms with Crippen LogP contribution in [0, 0.1) is 11.8 Å². The Balaban J connectivity index is 1.77. The zero-order valence-electron chi connectivity index (χ0n) is 11.3. The minimum Gasteiger partial charge on any atom is -0.396 e. The van der Waals surface area contributed by atoms with Gasteiger partial charge in [0.25, 0.3) is 0 Å². The zero-order chi connectivity index (χ0) is 13.9. The highest BCUT2D eigenvalue weighted by Gasteiger charge is 2.42. The smallest absolute Gasteiger partial charge is 0.391 e. The molecular weight excluding hydrogens is 255 g/mol. The van der Waals surface area contributed by atoms with Crippen molar-refractivity contribution in [3.8, 4) is 0 Å². The summed E-state index contributed by atoms with van der Waals surface area (Å²) in [5, 5.41) is 12.5. The molecule has 2 nitrogen and oxygen atoms in total. The highest BCUT2D eigenvalue weighted by atomic mass is 19.4. The van der Waals surface area contributed by atoms with E-state index in [1.807, 2.05) is 0 Å². The molecule has 2 aliphatic rings. The molecule has 2 N–H and O–H groups in total. The predicted octanol–water partition coefficient (Wildman–Crippen LogP) is 3.25. The fourth-order valence-electron chi connectivity index (χ4n) is 3.48. The minimum absolute atomic E-state index is 0.0241. The van der Waals surface area contributed by atoms with Crippen molar-refractivity contribution in [3.63, 3.8) is 0 Å². The molecule has 0 spiro atoms. The largest absolute Gasteiger partial charge is 0.396 e. The van der Waals surface area contributed by atoms with Gasteiger partial charge in [-0.15, -0.1) is 0 Å². The van der Waals surface area contributed by atoms with Crippen LogP contribution in [0.25, 0.3) is 0 Å². The molecule has 5 heteroatoms. The van der Waals surface area contributed by atoms with Crippen LogP contribution in [-0.2, 0) is 0 Å². The van der Waals surface area contributed by atoms with E-state index in [4.69, 9.17) is 5.11 Å². The molecule has 0 aliphatic heterocycles. The predicted molar refractivity (Wildman–Crippen MR) is 67.8 cm³/mol. The van der Waals surface area contributed by atoms with Gasteiger partial charge in [0, 0.05) is 18.7 Å². The van der Waals surface area contributed by atoms with Crippen LogP contribution in [0.1, 0.15) is 51.4 Å². The van der Waals surface area contributed by atoms with Crippen molar-refractivity contribution in [2.24, 2.45) is 11.8 Å². The van der Waals surface area contributed by atoms with Crippen molar-refractivity contribution in [1.29, 1.82) is 0 Å². The SMILES string of the molecule is OCC1CCC(NC2CCCC(C(F)(F)F)C2)CC1. The van der Waals surface area contributed by atoms with Crippen molar-refractivity contribution in [3.05, 3.63) is 0 Å². The van der Waals surface area contributed by atoms with E-state index in [0.29, 0.717) is 24.8 Å². The van der Waals surface area contributed by atoms with Crippen LogP contribution < -0.4 is 5.32 Å². The molecule has 2 unspecified atom stereocenters. The zero-order valence-corrected chi connectivity index (χ0v) is 11.3. The maximum absolute atomic E-state index is 12.7. The lowest BCUT2D eigenvalue weighted by Gasteiger charge is -2.36. The van der Waals surface area contributed by atoms with Crippen LogP contribution in [0.3, 0.4) is 0 Å². The molecule has 2 aliphatic carbocycles. The summed E-state index contributed by atoms with van der Waals surface area (Å²) >= 11 is 0. The Kier molecular flexibility index (Phi) is 5.12. The third kappa shape index (κ3) is 4.35.